The molecular weight excluding hydrogens is 692 g/mol. The standard InChI is InChI=1S/C34H30BrClN4O5S/c1-3-43-33(42)30-20(2)38-34(46)39-31(30)25-10-6-7-11-28(25)44-19-29(41)40-37-17-22-15-26(35)32(27(36)16-22)45-18-21-12-13-23-8-4-5-9-24(23)14-21/h4-17,31H,3,18-19H2,1-2H3,(H,40,41)(H2,38,39,46)/t31-/m1/s1. The van der Waals surface area contributed by atoms with Gasteiger partial charge in [-0.15, -0.1) is 0 Å². The number of nitrogens with zero attached hydrogens (tertiary/aromatic N) is 1. The normalized spacial score (nSPS) is 14.5. The number of rotatable bonds is 11. The van der Waals surface area contributed by atoms with E-state index in [0.717, 1.165) is 16.3 Å². The highest BCUT2D eigenvalue weighted by atomic mass is 79.9. The van der Waals surface area contributed by atoms with Crippen molar-refractivity contribution in [2.45, 2.75) is 26.5 Å². The molecule has 1 heterocycles. The SMILES string of the molecule is CCOC(=O)C1=C(C)NC(=S)N[C@@H]1c1ccccc1OCC(=O)NN=Cc1cc(Cl)c(OCc2ccc3ccccc3c2)c(Br)c1. The van der Waals surface area contributed by atoms with Crippen LogP contribution < -0.4 is 25.5 Å². The van der Waals surface area contributed by atoms with E-state index in [1.807, 2.05) is 18.2 Å². The van der Waals surface area contributed by atoms with E-state index in [-0.39, 0.29) is 13.2 Å². The molecule has 3 N–H and O–H groups in total. The summed E-state index contributed by atoms with van der Waals surface area (Å²) in [6.45, 7) is 3.72. The van der Waals surface area contributed by atoms with Gasteiger partial charge in [-0.25, -0.2) is 10.2 Å². The van der Waals surface area contributed by atoms with Crippen molar-refractivity contribution in [1.82, 2.24) is 16.1 Å². The Balaban J connectivity index is 1.19. The average molecular weight is 722 g/mol. The summed E-state index contributed by atoms with van der Waals surface area (Å²) in [4.78, 5) is 25.4. The van der Waals surface area contributed by atoms with Gasteiger partial charge in [-0.1, -0.05) is 66.2 Å². The summed E-state index contributed by atoms with van der Waals surface area (Å²) in [7, 11) is 0. The van der Waals surface area contributed by atoms with E-state index in [1.165, 1.54) is 6.21 Å². The maximum Gasteiger partial charge on any atom is 0.338 e. The number of carbonyl (C=O) groups excluding carboxylic acids is 2. The number of hydrogen-bond acceptors (Lipinski definition) is 7. The third-order valence-electron chi connectivity index (χ3n) is 6.97. The van der Waals surface area contributed by atoms with Gasteiger partial charge in [0.1, 0.15) is 12.4 Å². The molecule has 5 rings (SSSR count). The minimum Gasteiger partial charge on any atom is -0.486 e. The van der Waals surface area contributed by atoms with Gasteiger partial charge in [-0.05, 0) is 88.2 Å². The molecule has 46 heavy (non-hydrogen) atoms. The number of thiocarbonyl (C=S) groups is 1. The number of nitrogens with one attached hydrogen (secondary N) is 3. The third-order valence-corrected chi connectivity index (χ3v) is 8.06. The zero-order valence-corrected chi connectivity index (χ0v) is 28.1. The molecule has 4 aromatic carbocycles. The van der Waals surface area contributed by atoms with Crippen molar-refractivity contribution >= 4 is 73.7 Å². The van der Waals surface area contributed by atoms with Crippen LogP contribution in [0.1, 0.15) is 36.6 Å². The summed E-state index contributed by atoms with van der Waals surface area (Å²) < 4.78 is 17.8. The van der Waals surface area contributed by atoms with E-state index in [9.17, 15) is 9.59 Å². The average Bonchev–Trinajstić information content (AvgIpc) is 3.03. The minimum atomic E-state index is -0.632. The Bertz CT molecular complexity index is 1840. The molecule has 0 aromatic heterocycles. The van der Waals surface area contributed by atoms with Crippen molar-refractivity contribution in [3.05, 3.63) is 116 Å². The molecule has 4 aromatic rings. The highest BCUT2D eigenvalue weighted by molar-refractivity contribution is 9.10. The molecule has 0 bridgehead atoms. The van der Waals surface area contributed by atoms with Crippen LogP contribution >= 0.6 is 39.7 Å². The van der Waals surface area contributed by atoms with Crippen LogP contribution in [-0.4, -0.2) is 36.4 Å². The fourth-order valence-electron chi connectivity index (χ4n) is 4.89. The quantitative estimate of drug-likeness (QED) is 0.0678. The molecule has 1 aliphatic rings. The smallest absolute Gasteiger partial charge is 0.338 e. The van der Waals surface area contributed by atoms with Gasteiger partial charge in [-0.2, -0.15) is 5.10 Å². The molecule has 0 saturated carbocycles. The van der Waals surface area contributed by atoms with Gasteiger partial charge in [0, 0.05) is 11.3 Å². The molecule has 12 heteroatoms. The largest absolute Gasteiger partial charge is 0.486 e. The maximum atomic E-state index is 12.8. The fourth-order valence-corrected chi connectivity index (χ4v) is 6.15. The second-order valence-electron chi connectivity index (χ2n) is 10.2. The summed E-state index contributed by atoms with van der Waals surface area (Å²) in [5.74, 6) is -0.0695. The number of amides is 1. The molecule has 9 nitrogen and oxygen atoms in total. The van der Waals surface area contributed by atoms with Gasteiger partial charge < -0.3 is 24.8 Å². The zero-order chi connectivity index (χ0) is 32.6. The number of hydrogen-bond donors (Lipinski definition) is 3. The molecule has 0 saturated heterocycles. The van der Waals surface area contributed by atoms with Gasteiger partial charge in [0.25, 0.3) is 5.91 Å². The molecule has 1 atom stereocenters. The van der Waals surface area contributed by atoms with Crippen LogP contribution in [0, 0.1) is 0 Å². The number of allylic oxidation sites excluding steroid dienone is 1. The van der Waals surface area contributed by atoms with Crippen LogP contribution in [0.4, 0.5) is 0 Å². The Morgan fingerprint density at radius 3 is 2.59 bits per heavy atom. The minimum absolute atomic E-state index is 0.221. The van der Waals surface area contributed by atoms with Crippen LogP contribution in [-0.2, 0) is 20.9 Å². The van der Waals surface area contributed by atoms with Crippen molar-refractivity contribution < 1.29 is 23.8 Å². The number of carbonyl (C=O) groups is 2. The topological polar surface area (TPSA) is 110 Å². The van der Waals surface area contributed by atoms with E-state index >= 15 is 0 Å². The van der Waals surface area contributed by atoms with Gasteiger partial charge in [-0.3, -0.25) is 4.79 Å². The molecule has 0 unspecified atom stereocenters. The lowest BCUT2D eigenvalue weighted by Gasteiger charge is -2.30. The fraction of sp³-hybridized carbons (Fsp3) is 0.176. The Morgan fingerprint density at radius 2 is 1.80 bits per heavy atom. The summed E-state index contributed by atoms with van der Waals surface area (Å²) in [6.07, 6.45) is 1.47. The van der Waals surface area contributed by atoms with Crippen LogP contribution in [0.15, 0.2) is 99.7 Å². The first kappa shape index (κ1) is 32.9. The van der Waals surface area contributed by atoms with E-state index in [2.05, 4.69) is 61.4 Å². The second kappa shape index (κ2) is 15.2. The molecule has 0 fully saturated rings. The number of ether oxygens (including phenoxy) is 3. The lowest BCUT2D eigenvalue weighted by Crippen LogP contribution is -2.45. The predicted molar refractivity (Wildman–Crippen MR) is 186 cm³/mol. The van der Waals surface area contributed by atoms with Crippen molar-refractivity contribution in [3.63, 3.8) is 0 Å². The Labute approximate surface area is 285 Å². The van der Waals surface area contributed by atoms with E-state index in [1.54, 1.807) is 50.2 Å². The Hall–Kier alpha value is -4.45. The first-order valence-corrected chi connectivity index (χ1v) is 15.9. The molecule has 0 radical (unpaired) electrons. The van der Waals surface area contributed by atoms with Gasteiger partial charge in [0.05, 0.1) is 33.9 Å². The molecule has 0 spiro atoms. The second-order valence-corrected chi connectivity index (χ2v) is 11.9. The monoisotopic (exact) mass is 720 g/mol. The number of fused-ring (bicyclic) bond motifs is 1. The maximum absolute atomic E-state index is 12.8. The number of esters is 1. The van der Waals surface area contributed by atoms with E-state index in [4.69, 9.17) is 38.0 Å². The Morgan fingerprint density at radius 1 is 1.04 bits per heavy atom. The summed E-state index contributed by atoms with van der Waals surface area (Å²) in [5.41, 5.74) is 5.68. The highest BCUT2D eigenvalue weighted by Crippen LogP contribution is 2.35. The zero-order valence-electron chi connectivity index (χ0n) is 24.9. The number of hydrazone groups is 1. The van der Waals surface area contributed by atoms with Crippen molar-refractivity contribution in [2.24, 2.45) is 5.10 Å². The molecule has 236 valence electrons. The molecule has 1 aliphatic heterocycles. The molecule has 1 amide bonds. The van der Waals surface area contributed by atoms with Crippen molar-refractivity contribution in [2.75, 3.05) is 13.2 Å². The summed E-state index contributed by atoms with van der Waals surface area (Å²) >= 11 is 15.4. The number of benzene rings is 4. The first-order valence-electron chi connectivity index (χ1n) is 14.3. The van der Waals surface area contributed by atoms with Gasteiger partial charge >= 0.3 is 5.97 Å². The van der Waals surface area contributed by atoms with Crippen LogP contribution in [0.25, 0.3) is 10.8 Å². The first-order chi connectivity index (χ1) is 22.2. The number of para-hydroxylation sites is 1. The number of halogens is 2. The van der Waals surface area contributed by atoms with Gasteiger partial charge in [0.15, 0.2) is 17.5 Å². The summed E-state index contributed by atoms with van der Waals surface area (Å²) in [6, 6.07) is 24.2. The van der Waals surface area contributed by atoms with Crippen molar-refractivity contribution in [3.8, 4) is 11.5 Å². The molecule has 0 aliphatic carbocycles. The Kier molecular flexibility index (Phi) is 10.9. The third kappa shape index (κ3) is 8.03. The van der Waals surface area contributed by atoms with E-state index in [0.29, 0.717) is 55.1 Å². The lowest BCUT2D eigenvalue weighted by molar-refractivity contribution is -0.139. The lowest BCUT2D eigenvalue weighted by atomic mass is 9.95. The van der Waals surface area contributed by atoms with Crippen LogP contribution in [0.3, 0.4) is 0 Å². The molecular formula is C34H30BrClN4O5S. The summed E-state index contributed by atoms with van der Waals surface area (Å²) in [5, 5.41) is 13.2. The van der Waals surface area contributed by atoms with Gasteiger partial charge in [0.2, 0.25) is 0 Å². The van der Waals surface area contributed by atoms with Crippen LogP contribution in [0.2, 0.25) is 5.02 Å². The van der Waals surface area contributed by atoms with E-state index < -0.39 is 17.9 Å². The predicted octanol–water partition coefficient (Wildman–Crippen LogP) is 6.72. The van der Waals surface area contributed by atoms with Crippen molar-refractivity contribution in [1.29, 1.82) is 0 Å². The highest BCUT2D eigenvalue weighted by Gasteiger charge is 2.32. The van der Waals surface area contributed by atoms with Crippen LogP contribution in [0.5, 0.6) is 11.5 Å².